The van der Waals surface area contributed by atoms with Gasteiger partial charge in [0, 0.05) is 18.8 Å². The first-order chi connectivity index (χ1) is 10.3. The highest BCUT2D eigenvalue weighted by Crippen LogP contribution is 1.98. The van der Waals surface area contributed by atoms with Crippen LogP contribution in [0.3, 0.4) is 0 Å². The van der Waals surface area contributed by atoms with E-state index in [-0.39, 0.29) is 19.7 Å². The number of hydrogen-bond acceptors (Lipinski definition) is 7. The normalized spacial score (nSPS) is 12.5. The van der Waals surface area contributed by atoms with Crippen molar-refractivity contribution in [3.63, 3.8) is 0 Å². The van der Waals surface area contributed by atoms with E-state index in [0.717, 1.165) is 12.7 Å². The molecular weight excluding hydrogens is 308 g/mol. The lowest BCUT2D eigenvalue weighted by Crippen LogP contribution is -2.25. The lowest BCUT2D eigenvalue weighted by molar-refractivity contribution is 0.232. The van der Waals surface area contributed by atoms with Crippen molar-refractivity contribution in [3.05, 3.63) is 41.2 Å². The molecule has 0 aliphatic rings. The predicted octanol–water partition coefficient (Wildman–Crippen LogP) is 0.211. The molecule has 0 aromatic carbocycles. The Morgan fingerprint density at radius 2 is 2.05 bits per heavy atom. The van der Waals surface area contributed by atoms with Gasteiger partial charge in [0.1, 0.15) is 12.4 Å². The molecule has 8 nitrogen and oxygen atoms in total. The van der Waals surface area contributed by atoms with E-state index in [1.807, 2.05) is 6.08 Å². The third kappa shape index (κ3) is 14.7. The van der Waals surface area contributed by atoms with Crippen molar-refractivity contribution in [1.29, 1.82) is 0 Å². The first-order valence-electron chi connectivity index (χ1n) is 6.75. The van der Waals surface area contributed by atoms with Gasteiger partial charge in [-0.1, -0.05) is 17.8 Å². The topological polar surface area (TPSA) is 123 Å². The van der Waals surface area contributed by atoms with Crippen molar-refractivity contribution in [1.82, 2.24) is 10.0 Å². The molecule has 0 aliphatic carbocycles. The number of nitrogens with two attached hydrogens (primary N) is 1. The highest BCUT2D eigenvalue weighted by molar-refractivity contribution is 7.88. The van der Waals surface area contributed by atoms with Crippen molar-refractivity contribution in [3.8, 4) is 0 Å². The molecule has 22 heavy (non-hydrogen) atoms. The molecule has 0 spiro atoms. The SMILES string of the molecule is C=C(/C=C\C(N)=C/CCNCCN=O)OCCNS(C)(=O)=O. The second-order valence-corrected chi connectivity index (χ2v) is 6.24. The van der Waals surface area contributed by atoms with Crippen LogP contribution >= 0.6 is 0 Å². The molecule has 0 amide bonds. The molecule has 0 aromatic heterocycles. The lowest BCUT2D eigenvalue weighted by atomic mass is 10.3. The summed E-state index contributed by atoms with van der Waals surface area (Å²) in [6.07, 6.45) is 6.89. The van der Waals surface area contributed by atoms with Crippen molar-refractivity contribution >= 4 is 10.0 Å². The van der Waals surface area contributed by atoms with Crippen molar-refractivity contribution in [2.75, 3.05) is 39.0 Å². The Labute approximate surface area is 131 Å². The van der Waals surface area contributed by atoms with Crippen LogP contribution in [0.15, 0.2) is 41.4 Å². The molecule has 0 fully saturated rings. The number of rotatable bonds is 13. The smallest absolute Gasteiger partial charge is 0.208 e. The summed E-state index contributed by atoms with van der Waals surface area (Å²) in [6.45, 7) is 5.55. The summed E-state index contributed by atoms with van der Waals surface area (Å²) >= 11 is 0. The number of hydrogen-bond donors (Lipinski definition) is 3. The quantitative estimate of drug-likeness (QED) is 0.192. The summed E-state index contributed by atoms with van der Waals surface area (Å²) in [7, 11) is -3.20. The second kappa shape index (κ2) is 11.9. The van der Waals surface area contributed by atoms with Gasteiger partial charge in [0.2, 0.25) is 10.0 Å². The first kappa shape index (κ1) is 20.3. The van der Waals surface area contributed by atoms with Crippen molar-refractivity contribution in [2.24, 2.45) is 10.9 Å². The lowest BCUT2D eigenvalue weighted by Gasteiger charge is -2.06. The fourth-order valence-electron chi connectivity index (χ4n) is 1.31. The van der Waals surface area contributed by atoms with Crippen LogP contribution in [-0.4, -0.2) is 47.5 Å². The standard InChI is InChI=1S/C13H24N4O4S/c1-12(21-11-10-17-22(2,19)20)5-6-13(14)4-3-7-15-8-9-16-18/h4-6,15,17H,1,3,7-11,14H2,2H3/b6-5-,13-4+. The van der Waals surface area contributed by atoms with E-state index in [9.17, 15) is 13.3 Å². The van der Waals surface area contributed by atoms with Crippen LogP contribution in [0.4, 0.5) is 0 Å². The summed E-state index contributed by atoms with van der Waals surface area (Å²) in [4.78, 5) is 9.85. The van der Waals surface area contributed by atoms with E-state index >= 15 is 0 Å². The molecule has 0 bridgehead atoms. The van der Waals surface area contributed by atoms with E-state index in [4.69, 9.17) is 10.5 Å². The Morgan fingerprint density at radius 1 is 1.32 bits per heavy atom. The first-order valence-corrected chi connectivity index (χ1v) is 8.64. The highest BCUT2D eigenvalue weighted by Gasteiger charge is 1.98. The predicted molar refractivity (Wildman–Crippen MR) is 87.5 cm³/mol. The zero-order chi connectivity index (χ0) is 16.8. The highest BCUT2D eigenvalue weighted by atomic mass is 32.2. The number of nitroso groups, excluding NO2 is 1. The van der Waals surface area contributed by atoms with Crippen molar-refractivity contribution in [2.45, 2.75) is 6.42 Å². The monoisotopic (exact) mass is 332 g/mol. The average Bonchev–Trinajstić information content (AvgIpc) is 2.44. The van der Waals surface area contributed by atoms with Gasteiger partial charge in [-0.25, -0.2) is 13.1 Å². The van der Waals surface area contributed by atoms with Crippen LogP contribution in [0, 0.1) is 4.91 Å². The molecule has 0 radical (unpaired) electrons. The van der Waals surface area contributed by atoms with E-state index in [1.165, 1.54) is 0 Å². The van der Waals surface area contributed by atoms with Gasteiger partial charge < -0.3 is 15.8 Å². The maximum atomic E-state index is 10.8. The van der Waals surface area contributed by atoms with Crippen LogP contribution in [0.2, 0.25) is 0 Å². The van der Waals surface area contributed by atoms with E-state index in [2.05, 4.69) is 21.8 Å². The largest absolute Gasteiger partial charge is 0.493 e. The molecule has 0 saturated carbocycles. The van der Waals surface area contributed by atoms with E-state index < -0.39 is 10.0 Å². The van der Waals surface area contributed by atoms with Crippen LogP contribution in [-0.2, 0) is 14.8 Å². The van der Waals surface area contributed by atoms with Gasteiger partial charge in [-0.2, -0.15) is 4.91 Å². The number of ether oxygens (including phenoxy) is 1. The van der Waals surface area contributed by atoms with Crippen LogP contribution in [0.25, 0.3) is 0 Å². The molecule has 0 atom stereocenters. The fourth-order valence-corrected chi connectivity index (χ4v) is 1.76. The van der Waals surface area contributed by atoms with Gasteiger partial charge >= 0.3 is 0 Å². The number of nitrogens with zero attached hydrogens (tertiary/aromatic N) is 1. The van der Waals surface area contributed by atoms with Gasteiger partial charge in [-0.15, -0.1) is 0 Å². The Morgan fingerprint density at radius 3 is 2.68 bits per heavy atom. The molecular formula is C13H24N4O4S. The third-order valence-electron chi connectivity index (χ3n) is 2.30. The Kier molecular flexibility index (Phi) is 11.0. The summed E-state index contributed by atoms with van der Waals surface area (Å²) in [5.41, 5.74) is 6.33. The minimum absolute atomic E-state index is 0.179. The van der Waals surface area contributed by atoms with E-state index in [0.29, 0.717) is 24.5 Å². The third-order valence-corrected chi connectivity index (χ3v) is 3.02. The molecule has 0 aliphatic heterocycles. The van der Waals surface area contributed by atoms with Crippen LogP contribution < -0.4 is 15.8 Å². The molecule has 0 unspecified atom stereocenters. The zero-order valence-corrected chi connectivity index (χ0v) is 13.6. The Balaban J connectivity index is 3.83. The maximum Gasteiger partial charge on any atom is 0.208 e. The number of allylic oxidation sites excluding steroid dienone is 2. The number of sulfonamides is 1. The Bertz CT molecular complexity index is 500. The minimum Gasteiger partial charge on any atom is -0.493 e. The van der Waals surface area contributed by atoms with Gasteiger partial charge in [-0.3, -0.25) is 0 Å². The fraction of sp³-hybridized carbons (Fsp3) is 0.538. The zero-order valence-electron chi connectivity index (χ0n) is 12.7. The van der Waals surface area contributed by atoms with E-state index in [1.54, 1.807) is 12.2 Å². The summed E-state index contributed by atoms with van der Waals surface area (Å²) in [6, 6.07) is 0. The van der Waals surface area contributed by atoms with Crippen molar-refractivity contribution < 1.29 is 13.2 Å². The second-order valence-electron chi connectivity index (χ2n) is 4.41. The maximum absolute atomic E-state index is 10.8. The summed E-state index contributed by atoms with van der Waals surface area (Å²) in [5, 5.41) is 5.77. The number of nitrogens with one attached hydrogen (secondary N) is 2. The van der Waals surface area contributed by atoms with Crippen LogP contribution in [0.5, 0.6) is 0 Å². The summed E-state index contributed by atoms with van der Waals surface area (Å²) < 4.78 is 29.2. The molecule has 0 saturated heterocycles. The molecule has 0 heterocycles. The van der Waals surface area contributed by atoms with Gasteiger partial charge in [0.25, 0.3) is 0 Å². The molecule has 9 heteroatoms. The molecule has 0 rings (SSSR count). The molecule has 4 N–H and O–H groups in total. The summed E-state index contributed by atoms with van der Waals surface area (Å²) in [5.74, 6) is 0.391. The Hall–Kier alpha value is -1.71. The van der Waals surface area contributed by atoms with Gasteiger partial charge in [0.15, 0.2) is 0 Å². The van der Waals surface area contributed by atoms with Gasteiger partial charge in [-0.05, 0) is 25.1 Å². The van der Waals surface area contributed by atoms with Crippen LogP contribution in [0.1, 0.15) is 6.42 Å². The molecule has 126 valence electrons. The minimum atomic E-state index is -3.20. The van der Waals surface area contributed by atoms with Gasteiger partial charge in [0.05, 0.1) is 12.8 Å². The molecule has 0 aromatic rings. The average molecular weight is 332 g/mol.